The first-order chi connectivity index (χ1) is 15.6. The standard InChI is InChI=1S/C21H24O12/c22-6-14-16(28)17(29)18(30)21(32-14)33-20-12(26)5-13-8(15(20)27)4-11(25)19(31-13)7-1-2-9(23)10(24)3-7/h1-3,5,11,14,16-19,21-30H,4,6H2/t11?,14-,16-,17+,18-,19?,21+/m1/s1. The number of phenols is 4. The quantitative estimate of drug-likeness (QED) is 0.240. The van der Waals surface area contributed by atoms with Crippen LogP contribution in [-0.2, 0) is 11.2 Å². The third-order valence-electron chi connectivity index (χ3n) is 5.73. The number of hydrogen-bond donors (Lipinski definition) is 9. The van der Waals surface area contributed by atoms with Crippen LogP contribution in [0.2, 0.25) is 0 Å². The van der Waals surface area contributed by atoms with Crippen LogP contribution in [0.1, 0.15) is 17.2 Å². The van der Waals surface area contributed by atoms with Crippen molar-refractivity contribution in [1.82, 2.24) is 0 Å². The Hall–Kier alpha value is -3.00. The lowest BCUT2D eigenvalue weighted by atomic mass is 9.93. The summed E-state index contributed by atoms with van der Waals surface area (Å²) in [7, 11) is 0. The maximum Gasteiger partial charge on any atom is 0.229 e. The molecule has 2 aliphatic heterocycles. The fourth-order valence-corrected chi connectivity index (χ4v) is 3.89. The molecule has 12 nitrogen and oxygen atoms in total. The maximum atomic E-state index is 10.7. The molecule has 0 aromatic heterocycles. The lowest BCUT2D eigenvalue weighted by Crippen LogP contribution is -2.60. The van der Waals surface area contributed by atoms with E-state index in [0.29, 0.717) is 5.56 Å². The van der Waals surface area contributed by atoms with Crippen molar-refractivity contribution in [2.24, 2.45) is 0 Å². The van der Waals surface area contributed by atoms with Crippen molar-refractivity contribution in [3.8, 4) is 34.5 Å². The average Bonchev–Trinajstić information content (AvgIpc) is 2.78. The Morgan fingerprint density at radius 1 is 0.879 bits per heavy atom. The van der Waals surface area contributed by atoms with Crippen molar-refractivity contribution in [2.75, 3.05) is 6.61 Å². The fraction of sp³-hybridized carbons (Fsp3) is 0.429. The minimum Gasteiger partial charge on any atom is -0.504 e. The second kappa shape index (κ2) is 8.74. The monoisotopic (exact) mass is 468 g/mol. The van der Waals surface area contributed by atoms with Crippen molar-refractivity contribution in [2.45, 2.75) is 49.3 Å². The highest BCUT2D eigenvalue weighted by Gasteiger charge is 2.45. The summed E-state index contributed by atoms with van der Waals surface area (Å²) in [5.41, 5.74) is 0.406. The van der Waals surface area contributed by atoms with Gasteiger partial charge in [0, 0.05) is 18.1 Å². The number of benzene rings is 2. The van der Waals surface area contributed by atoms with Crippen molar-refractivity contribution in [1.29, 1.82) is 0 Å². The minimum absolute atomic E-state index is 0.00835. The number of aliphatic hydroxyl groups is 5. The van der Waals surface area contributed by atoms with E-state index >= 15 is 0 Å². The zero-order chi connectivity index (χ0) is 24.0. The number of aromatic hydroxyl groups is 4. The van der Waals surface area contributed by atoms with Crippen LogP contribution in [-0.4, -0.2) is 89.4 Å². The summed E-state index contributed by atoms with van der Waals surface area (Å²) >= 11 is 0. The fourth-order valence-electron chi connectivity index (χ4n) is 3.89. The van der Waals surface area contributed by atoms with Gasteiger partial charge in [-0.05, 0) is 17.7 Å². The van der Waals surface area contributed by atoms with E-state index in [1.165, 1.54) is 18.2 Å². The SMILES string of the molecule is OC[C@H]1O[C@@H](Oc2c(O)cc3c(c2O)CC(O)C(c2ccc(O)c(O)c2)O3)[C@H](O)[C@@H](O)[C@@H]1O. The van der Waals surface area contributed by atoms with Gasteiger partial charge < -0.3 is 60.2 Å². The van der Waals surface area contributed by atoms with Crippen LogP contribution in [0.15, 0.2) is 24.3 Å². The molecule has 0 radical (unpaired) electrons. The van der Waals surface area contributed by atoms with Crippen molar-refractivity contribution in [3.05, 3.63) is 35.4 Å². The van der Waals surface area contributed by atoms with Crippen molar-refractivity contribution >= 4 is 0 Å². The predicted octanol–water partition coefficient (Wildman–Crippen LogP) is -1.28. The van der Waals surface area contributed by atoms with Gasteiger partial charge in [0.2, 0.25) is 12.0 Å². The molecule has 7 atom stereocenters. The summed E-state index contributed by atoms with van der Waals surface area (Å²) in [6.07, 6.45) is -10.4. The van der Waals surface area contributed by atoms with Gasteiger partial charge in [0.1, 0.15) is 36.3 Å². The first kappa shape index (κ1) is 23.2. The maximum absolute atomic E-state index is 10.7. The Kier molecular flexibility index (Phi) is 6.14. The molecule has 0 aliphatic carbocycles. The predicted molar refractivity (Wildman–Crippen MR) is 107 cm³/mol. The van der Waals surface area contributed by atoms with Crippen LogP contribution in [0.3, 0.4) is 0 Å². The number of rotatable bonds is 4. The molecule has 2 aromatic carbocycles. The average molecular weight is 468 g/mol. The molecule has 0 saturated carbocycles. The molecule has 2 aliphatic rings. The lowest BCUT2D eigenvalue weighted by molar-refractivity contribution is -0.277. The number of fused-ring (bicyclic) bond motifs is 1. The summed E-state index contributed by atoms with van der Waals surface area (Å²) in [5, 5.41) is 90.1. The molecule has 9 N–H and O–H groups in total. The number of ether oxygens (including phenoxy) is 3. The molecule has 1 saturated heterocycles. The molecule has 33 heavy (non-hydrogen) atoms. The summed E-state index contributed by atoms with van der Waals surface area (Å²) in [6.45, 7) is -0.693. The van der Waals surface area contributed by atoms with E-state index in [9.17, 15) is 46.0 Å². The molecule has 2 aromatic rings. The van der Waals surface area contributed by atoms with Gasteiger partial charge in [-0.15, -0.1) is 0 Å². The zero-order valence-corrected chi connectivity index (χ0v) is 17.0. The summed E-state index contributed by atoms with van der Waals surface area (Å²) in [6, 6.07) is 4.98. The smallest absolute Gasteiger partial charge is 0.229 e. The van der Waals surface area contributed by atoms with E-state index in [1.54, 1.807) is 0 Å². The van der Waals surface area contributed by atoms with Crippen LogP contribution in [0.25, 0.3) is 0 Å². The van der Waals surface area contributed by atoms with Crippen LogP contribution in [0.5, 0.6) is 34.5 Å². The van der Waals surface area contributed by atoms with Crippen LogP contribution < -0.4 is 9.47 Å². The van der Waals surface area contributed by atoms with Crippen molar-refractivity contribution < 1.29 is 60.2 Å². The van der Waals surface area contributed by atoms with E-state index in [0.717, 1.165) is 6.07 Å². The number of phenolic OH excluding ortho intramolecular Hbond substituents is 4. The third-order valence-corrected chi connectivity index (χ3v) is 5.73. The molecule has 2 heterocycles. The molecule has 2 unspecified atom stereocenters. The zero-order valence-electron chi connectivity index (χ0n) is 17.0. The molecule has 0 amide bonds. The Balaban J connectivity index is 1.62. The topological polar surface area (TPSA) is 210 Å². The van der Waals surface area contributed by atoms with E-state index in [4.69, 9.17) is 14.2 Å². The van der Waals surface area contributed by atoms with Gasteiger partial charge in [-0.25, -0.2) is 0 Å². The van der Waals surface area contributed by atoms with Crippen LogP contribution in [0, 0.1) is 0 Å². The highest BCUT2D eigenvalue weighted by Crippen LogP contribution is 2.49. The van der Waals surface area contributed by atoms with Crippen LogP contribution in [0.4, 0.5) is 0 Å². The Morgan fingerprint density at radius 3 is 2.27 bits per heavy atom. The molecule has 12 heteroatoms. The van der Waals surface area contributed by atoms with Gasteiger partial charge in [-0.2, -0.15) is 0 Å². The third kappa shape index (κ3) is 4.08. The van der Waals surface area contributed by atoms with Crippen molar-refractivity contribution in [3.63, 3.8) is 0 Å². The van der Waals surface area contributed by atoms with E-state index in [2.05, 4.69) is 0 Å². The van der Waals surface area contributed by atoms with E-state index in [1.807, 2.05) is 0 Å². The van der Waals surface area contributed by atoms with Gasteiger partial charge >= 0.3 is 0 Å². The normalized spacial score (nSPS) is 31.5. The van der Waals surface area contributed by atoms with E-state index in [-0.39, 0.29) is 23.5 Å². The van der Waals surface area contributed by atoms with E-state index < -0.39 is 72.5 Å². The molecule has 4 rings (SSSR count). The number of hydrogen-bond acceptors (Lipinski definition) is 12. The highest BCUT2D eigenvalue weighted by molar-refractivity contribution is 5.61. The molecule has 0 spiro atoms. The molecule has 180 valence electrons. The van der Waals surface area contributed by atoms with Crippen LogP contribution >= 0.6 is 0 Å². The summed E-state index contributed by atoms with van der Waals surface area (Å²) in [5.74, 6) is -2.53. The minimum atomic E-state index is -1.77. The Labute approximate surface area is 186 Å². The second-order valence-electron chi connectivity index (χ2n) is 7.92. The first-order valence-corrected chi connectivity index (χ1v) is 10.0. The van der Waals surface area contributed by atoms with Gasteiger partial charge in [0.25, 0.3) is 0 Å². The molecule has 0 bridgehead atoms. The molecular formula is C21H24O12. The first-order valence-electron chi connectivity index (χ1n) is 10.0. The Bertz CT molecular complexity index is 1020. The molecule has 1 fully saturated rings. The Morgan fingerprint density at radius 2 is 1.61 bits per heavy atom. The van der Waals surface area contributed by atoms with Gasteiger partial charge in [0.05, 0.1) is 12.7 Å². The molecular weight excluding hydrogens is 444 g/mol. The number of aliphatic hydroxyl groups excluding tert-OH is 5. The second-order valence-corrected chi connectivity index (χ2v) is 7.92. The highest BCUT2D eigenvalue weighted by atomic mass is 16.7. The summed E-state index contributed by atoms with van der Waals surface area (Å²) < 4.78 is 16.3. The van der Waals surface area contributed by atoms with Gasteiger partial charge in [-0.3, -0.25) is 0 Å². The lowest BCUT2D eigenvalue weighted by Gasteiger charge is -2.39. The largest absolute Gasteiger partial charge is 0.504 e. The van der Waals surface area contributed by atoms with Gasteiger partial charge in [0.15, 0.2) is 23.0 Å². The van der Waals surface area contributed by atoms with Gasteiger partial charge in [-0.1, -0.05) is 6.07 Å². The summed E-state index contributed by atoms with van der Waals surface area (Å²) in [4.78, 5) is 0.